The summed E-state index contributed by atoms with van der Waals surface area (Å²) in [5, 5.41) is 23.9. The Bertz CT molecular complexity index is 1730. The Morgan fingerprint density at radius 3 is 2.18 bits per heavy atom. The number of aliphatic hydroxyl groups excluding tert-OH is 1. The highest BCUT2D eigenvalue weighted by atomic mass is 32.2. The van der Waals surface area contributed by atoms with Crippen LogP contribution in [0.5, 0.6) is 0 Å². The molecule has 1 saturated heterocycles. The van der Waals surface area contributed by atoms with Crippen molar-refractivity contribution in [2.75, 3.05) is 11.1 Å². The van der Waals surface area contributed by atoms with Crippen LogP contribution >= 0.6 is 11.8 Å². The zero-order valence-corrected chi connectivity index (χ0v) is 29.5. The molecule has 0 unspecified atom stereocenters. The Morgan fingerprint density at radius 1 is 0.784 bits per heavy atom. The summed E-state index contributed by atoms with van der Waals surface area (Å²) in [5.41, 5.74) is 8.21. The van der Waals surface area contributed by atoms with Crippen molar-refractivity contribution >= 4 is 35.2 Å². The second-order valence-electron chi connectivity index (χ2n) is 12.6. The topological polar surface area (TPSA) is 146 Å². The quantitative estimate of drug-likeness (QED) is 0.0355. The van der Waals surface area contributed by atoms with Crippen molar-refractivity contribution in [2.24, 2.45) is 0 Å². The molecule has 1 aliphatic heterocycles. The van der Waals surface area contributed by atoms with E-state index in [0.717, 1.165) is 56.1 Å². The van der Waals surface area contributed by atoms with Crippen LogP contribution in [0.3, 0.4) is 0 Å². The van der Waals surface area contributed by atoms with Gasteiger partial charge in [-0.2, -0.15) is 0 Å². The number of nitrogens with one attached hydrogen (secondary N) is 3. The van der Waals surface area contributed by atoms with Gasteiger partial charge in [-0.1, -0.05) is 73.2 Å². The molecule has 3 atom stereocenters. The predicted octanol–water partition coefficient (Wildman–Crippen LogP) is 7.21. The number of carbonyl (C=O) groups is 3. The van der Waals surface area contributed by atoms with E-state index in [4.69, 9.17) is 14.7 Å². The minimum atomic E-state index is -0.573. The van der Waals surface area contributed by atoms with E-state index in [2.05, 4.69) is 28.8 Å². The number of amides is 3. The molecular formula is C40H45N3O7S. The molecule has 0 aromatic heterocycles. The lowest BCUT2D eigenvalue weighted by Crippen LogP contribution is -2.31. The summed E-state index contributed by atoms with van der Waals surface area (Å²) in [6.45, 7) is 1.89. The molecule has 1 heterocycles. The molecule has 5 N–H and O–H groups in total. The number of carbonyl (C=O) groups excluding carboxylic acids is 3. The number of thioether (sulfide) groups is 1. The lowest BCUT2D eigenvalue weighted by atomic mass is 9.99. The molecule has 5 rings (SSSR count). The molecule has 1 aliphatic rings. The number of aliphatic hydroxyl groups is 1. The lowest BCUT2D eigenvalue weighted by Gasteiger charge is -2.36. The first kappa shape index (κ1) is 37.7. The van der Waals surface area contributed by atoms with Gasteiger partial charge in [0.15, 0.2) is 6.29 Å². The van der Waals surface area contributed by atoms with Crippen molar-refractivity contribution < 1.29 is 34.2 Å². The van der Waals surface area contributed by atoms with Gasteiger partial charge >= 0.3 is 0 Å². The number of ether oxygens (including phenoxy) is 2. The van der Waals surface area contributed by atoms with Crippen molar-refractivity contribution in [3.63, 3.8) is 0 Å². The van der Waals surface area contributed by atoms with Gasteiger partial charge in [0, 0.05) is 54.6 Å². The first-order valence-electron chi connectivity index (χ1n) is 17.2. The van der Waals surface area contributed by atoms with Gasteiger partial charge in [0.05, 0.1) is 18.8 Å². The Balaban J connectivity index is 1.21. The highest BCUT2D eigenvalue weighted by Gasteiger charge is 2.32. The van der Waals surface area contributed by atoms with E-state index in [1.807, 2.05) is 78.9 Å². The van der Waals surface area contributed by atoms with E-state index in [1.165, 1.54) is 6.92 Å². The van der Waals surface area contributed by atoms with Gasteiger partial charge in [0.25, 0.3) is 0 Å². The summed E-state index contributed by atoms with van der Waals surface area (Å²) in [5.74, 6) is 0.161. The summed E-state index contributed by atoms with van der Waals surface area (Å²) >= 11 is 1.70. The van der Waals surface area contributed by atoms with Gasteiger partial charge in [0.2, 0.25) is 17.7 Å². The van der Waals surface area contributed by atoms with Gasteiger partial charge in [0.1, 0.15) is 0 Å². The van der Waals surface area contributed by atoms with E-state index in [0.29, 0.717) is 32.2 Å². The van der Waals surface area contributed by atoms with Gasteiger partial charge in [-0.15, -0.1) is 11.8 Å². The van der Waals surface area contributed by atoms with Crippen LogP contribution in [-0.4, -0.2) is 39.9 Å². The van der Waals surface area contributed by atoms with Crippen LogP contribution in [0.15, 0.2) is 102 Å². The maximum Gasteiger partial charge on any atom is 0.243 e. The van der Waals surface area contributed by atoms with E-state index in [-0.39, 0.29) is 37.0 Å². The highest BCUT2D eigenvalue weighted by Crippen LogP contribution is 2.40. The van der Waals surface area contributed by atoms with Crippen molar-refractivity contribution in [1.29, 1.82) is 0 Å². The van der Waals surface area contributed by atoms with Gasteiger partial charge in [-0.3, -0.25) is 19.6 Å². The predicted molar refractivity (Wildman–Crippen MR) is 197 cm³/mol. The molecule has 4 aromatic carbocycles. The van der Waals surface area contributed by atoms with Crippen molar-refractivity contribution in [1.82, 2.24) is 10.8 Å². The van der Waals surface area contributed by atoms with E-state index in [9.17, 15) is 19.5 Å². The van der Waals surface area contributed by atoms with Crippen molar-refractivity contribution in [2.45, 2.75) is 82.0 Å². The second kappa shape index (κ2) is 19.2. The molecule has 268 valence electrons. The lowest BCUT2D eigenvalue weighted by molar-refractivity contribution is -0.245. The average molecular weight is 712 g/mol. The monoisotopic (exact) mass is 711 g/mol. The number of hydroxylamine groups is 1. The fraction of sp³-hybridized carbons (Fsp3) is 0.325. The highest BCUT2D eigenvalue weighted by molar-refractivity contribution is 7.99. The van der Waals surface area contributed by atoms with Gasteiger partial charge < -0.3 is 25.2 Å². The van der Waals surface area contributed by atoms with E-state index >= 15 is 0 Å². The molecule has 4 aromatic rings. The molecule has 11 heteroatoms. The Kier molecular flexibility index (Phi) is 14.2. The maximum atomic E-state index is 12.4. The SMILES string of the molecule is CC(=O)Nc1ccc(SC[C@H]2C[C@@H](c3ccc(CO)cc3)O[C@@H](c3ccc(-c4cccc(CNC(=O)CCCCCC(=O)NO)c4)cc3)O2)cc1. The van der Waals surface area contributed by atoms with Crippen LogP contribution in [0.1, 0.15) is 80.1 Å². The second-order valence-corrected chi connectivity index (χ2v) is 13.7. The number of hydrogen-bond acceptors (Lipinski definition) is 8. The van der Waals surface area contributed by atoms with Crippen LogP contribution in [0.2, 0.25) is 0 Å². The van der Waals surface area contributed by atoms with Crippen LogP contribution < -0.4 is 16.1 Å². The summed E-state index contributed by atoms with van der Waals surface area (Å²) < 4.78 is 13.1. The number of benzene rings is 4. The Labute approximate surface area is 302 Å². The zero-order valence-electron chi connectivity index (χ0n) is 28.7. The summed E-state index contributed by atoms with van der Waals surface area (Å²) in [6, 6.07) is 31.9. The van der Waals surface area contributed by atoms with Gasteiger partial charge in [-0.05, 0) is 71.0 Å². The minimum absolute atomic E-state index is 0.0159. The van der Waals surface area contributed by atoms with Crippen LogP contribution in [-0.2, 0) is 37.0 Å². The molecule has 10 nitrogen and oxygen atoms in total. The largest absolute Gasteiger partial charge is 0.392 e. The molecule has 3 amide bonds. The molecule has 0 radical (unpaired) electrons. The first-order chi connectivity index (χ1) is 24.8. The molecule has 0 aliphatic carbocycles. The number of hydrogen-bond donors (Lipinski definition) is 5. The third-order valence-corrected chi connectivity index (χ3v) is 9.73. The summed E-state index contributed by atoms with van der Waals surface area (Å²) in [4.78, 5) is 35.9. The van der Waals surface area contributed by atoms with Crippen LogP contribution in [0.25, 0.3) is 11.1 Å². The van der Waals surface area contributed by atoms with E-state index < -0.39 is 12.2 Å². The maximum absolute atomic E-state index is 12.4. The van der Waals surface area contributed by atoms with E-state index in [1.54, 1.807) is 17.2 Å². The summed E-state index contributed by atoms with van der Waals surface area (Å²) in [6.07, 6.45) is 2.48. The molecule has 0 saturated carbocycles. The zero-order chi connectivity index (χ0) is 36.0. The third kappa shape index (κ3) is 11.8. The number of anilines is 1. The fourth-order valence-corrected chi connectivity index (χ4v) is 6.76. The number of unbranched alkanes of at least 4 members (excludes halogenated alkanes) is 2. The fourth-order valence-electron chi connectivity index (χ4n) is 5.84. The van der Waals surface area contributed by atoms with Crippen LogP contribution in [0.4, 0.5) is 5.69 Å². The van der Waals surface area contributed by atoms with Crippen LogP contribution in [0, 0.1) is 0 Å². The molecule has 51 heavy (non-hydrogen) atoms. The molecule has 0 bridgehead atoms. The molecule has 0 spiro atoms. The normalized spacial score (nSPS) is 17.0. The first-order valence-corrected chi connectivity index (χ1v) is 18.2. The molecule has 1 fully saturated rings. The Morgan fingerprint density at radius 2 is 1.49 bits per heavy atom. The standard InChI is InChI=1S/C40H45N3O7S/c1-27(45)42-34-18-20-36(21-19-34)51-26-35-23-37(31-12-10-28(25-44)11-13-31)50-40(49-35)32-16-14-30(15-17-32)33-7-5-6-29(22-33)24-41-38(46)8-3-2-4-9-39(47)43-48/h5-7,10-22,35,37,40,44,48H,2-4,8-9,23-26H2,1H3,(H,41,46)(H,42,45)(H,43,47)/t35-,37+,40+/m1/s1. The third-order valence-electron chi connectivity index (χ3n) is 8.59. The summed E-state index contributed by atoms with van der Waals surface area (Å²) in [7, 11) is 0. The van der Waals surface area contributed by atoms with Crippen molar-refractivity contribution in [3.05, 3.63) is 119 Å². The molecular weight excluding hydrogens is 667 g/mol. The minimum Gasteiger partial charge on any atom is -0.392 e. The smallest absolute Gasteiger partial charge is 0.243 e. The average Bonchev–Trinajstić information content (AvgIpc) is 3.16. The van der Waals surface area contributed by atoms with Crippen molar-refractivity contribution in [3.8, 4) is 11.1 Å². The Hall–Kier alpha value is -4.52. The van der Waals surface area contributed by atoms with Gasteiger partial charge in [-0.25, -0.2) is 5.48 Å². The number of rotatable bonds is 16.